The van der Waals surface area contributed by atoms with Crippen LogP contribution in [0.3, 0.4) is 0 Å². The highest BCUT2D eigenvalue weighted by atomic mass is 32.2. The van der Waals surface area contributed by atoms with E-state index in [1.165, 1.54) is 6.92 Å². The van der Waals surface area contributed by atoms with E-state index in [4.69, 9.17) is 4.74 Å². The monoisotopic (exact) mass is 1330 g/mol. The molecule has 0 saturated heterocycles. The molecule has 2 aromatic carbocycles. The number of hydrogen-bond acceptors (Lipinski definition) is 11. The fourth-order valence-corrected chi connectivity index (χ4v) is 25.5. The summed E-state index contributed by atoms with van der Waals surface area (Å²) in [5.41, 5.74) is 1.70. The Hall–Kier alpha value is -3.11. The lowest BCUT2D eigenvalue weighted by Gasteiger charge is -2.65. The molecule has 8 fully saturated rings. The number of aliphatic hydroxyl groups is 3. The Balaban J connectivity index is 0.000000220. The highest BCUT2D eigenvalue weighted by Crippen LogP contribution is 2.72. The van der Waals surface area contributed by atoms with Gasteiger partial charge in [0.2, 0.25) is 0 Å². The van der Waals surface area contributed by atoms with Crippen molar-refractivity contribution in [2.75, 3.05) is 11.5 Å². The fraction of sp³-hybridized carbons (Fsp3) is 0.808. The Morgan fingerprint density at radius 3 is 1.26 bits per heavy atom. The average molecular weight is 1340 g/mol. The molecule has 8 saturated carbocycles. The number of alkyl halides is 2. The van der Waals surface area contributed by atoms with Crippen molar-refractivity contribution in [3.05, 3.63) is 59.7 Å². The second kappa shape index (κ2) is 27.9. The van der Waals surface area contributed by atoms with Crippen molar-refractivity contribution >= 4 is 37.2 Å². The van der Waals surface area contributed by atoms with Crippen LogP contribution in [0.2, 0.25) is 0 Å². The summed E-state index contributed by atoms with van der Waals surface area (Å²) >= 11 is 0. The molecule has 524 valence electrons. The first-order chi connectivity index (χ1) is 43.3. The molecule has 0 bridgehead atoms. The molecular formula is C78H120F2O11S2. The summed E-state index contributed by atoms with van der Waals surface area (Å²) in [6, 6.07) is 13.8. The number of esters is 1. The van der Waals surface area contributed by atoms with Gasteiger partial charge in [-0.05, 0) is 229 Å². The van der Waals surface area contributed by atoms with E-state index in [0.717, 1.165) is 94.6 Å². The van der Waals surface area contributed by atoms with Crippen molar-refractivity contribution in [1.82, 2.24) is 0 Å². The van der Waals surface area contributed by atoms with Gasteiger partial charge in [0, 0.05) is 31.6 Å². The summed E-state index contributed by atoms with van der Waals surface area (Å²) in [4.78, 5) is 37.9. The number of benzene rings is 2. The molecule has 93 heavy (non-hydrogen) atoms. The normalized spacial score (nSPS) is 39.7. The van der Waals surface area contributed by atoms with Crippen LogP contribution in [0.5, 0.6) is 0 Å². The van der Waals surface area contributed by atoms with Crippen molar-refractivity contribution in [3.8, 4) is 0 Å². The lowest BCUT2D eigenvalue weighted by molar-refractivity contribution is -0.226. The van der Waals surface area contributed by atoms with Crippen molar-refractivity contribution in [1.29, 1.82) is 0 Å². The van der Waals surface area contributed by atoms with E-state index in [0.29, 0.717) is 67.6 Å². The van der Waals surface area contributed by atoms with Gasteiger partial charge in [-0.2, -0.15) is 0 Å². The van der Waals surface area contributed by atoms with Gasteiger partial charge >= 0.3 is 5.97 Å². The third-order valence-electron chi connectivity index (χ3n) is 27.7. The van der Waals surface area contributed by atoms with Crippen molar-refractivity contribution in [2.45, 2.75) is 290 Å². The van der Waals surface area contributed by atoms with E-state index >= 15 is 8.78 Å². The molecule has 2 aromatic rings. The van der Waals surface area contributed by atoms with Gasteiger partial charge in [-0.3, -0.25) is 14.4 Å². The maximum absolute atomic E-state index is 16.2. The Morgan fingerprint density at radius 2 is 0.892 bits per heavy atom. The molecule has 0 amide bonds. The second-order valence-corrected chi connectivity index (χ2v) is 38.8. The molecule has 0 aromatic heterocycles. The maximum atomic E-state index is 16.2. The zero-order valence-electron chi connectivity index (χ0n) is 59.4. The zero-order valence-corrected chi connectivity index (χ0v) is 61.0. The average Bonchev–Trinajstić information content (AvgIpc) is 1.70. The van der Waals surface area contributed by atoms with Gasteiger partial charge in [0.1, 0.15) is 41.5 Å². The minimum Gasteiger partial charge on any atom is -0.459 e. The van der Waals surface area contributed by atoms with Crippen molar-refractivity contribution in [3.63, 3.8) is 0 Å². The van der Waals surface area contributed by atoms with Gasteiger partial charge in [0.05, 0.1) is 28.1 Å². The van der Waals surface area contributed by atoms with E-state index in [9.17, 15) is 46.5 Å². The molecule has 8 unspecified atom stereocenters. The number of carbonyl (C=O) groups excluding carboxylic acids is 3. The minimum absolute atomic E-state index is 0.0691. The first kappa shape index (κ1) is 74.1. The molecule has 11 nitrogen and oxygen atoms in total. The van der Waals surface area contributed by atoms with Crippen LogP contribution in [-0.2, 0) is 49.6 Å². The molecule has 0 spiro atoms. The smallest absolute Gasteiger partial charge is 0.303 e. The maximum Gasteiger partial charge on any atom is 0.303 e. The number of aliphatic hydroxyl groups excluding tert-OH is 3. The van der Waals surface area contributed by atoms with Gasteiger partial charge in [-0.25, -0.2) is 25.6 Å². The lowest BCUT2D eigenvalue weighted by atomic mass is 9.41. The highest BCUT2D eigenvalue weighted by molar-refractivity contribution is 7.92. The van der Waals surface area contributed by atoms with E-state index in [1.54, 1.807) is 24.3 Å². The van der Waals surface area contributed by atoms with Crippen LogP contribution in [0, 0.1) is 105 Å². The van der Waals surface area contributed by atoms with Crippen LogP contribution in [0.15, 0.2) is 58.3 Å². The summed E-state index contributed by atoms with van der Waals surface area (Å²) in [5, 5.41) is 34.4. The molecule has 15 heteroatoms. The predicted molar refractivity (Wildman–Crippen MR) is 364 cm³/mol. The summed E-state index contributed by atoms with van der Waals surface area (Å²) < 4.78 is 89.2. The number of ketones is 2. The Labute approximate surface area is 559 Å². The summed E-state index contributed by atoms with van der Waals surface area (Å²) in [7, 11) is -7.35. The zero-order chi connectivity index (χ0) is 68.5. The summed E-state index contributed by atoms with van der Waals surface area (Å²) in [5.74, 6) is 0.629. The largest absolute Gasteiger partial charge is 0.459 e. The SMILES string of the molecule is CC[C@@H]1[C@@H]2[C@@H](F)[C@H](O)CC[C@]2(C)C2CC[C@@]3(C)C(CCC3[C@H](C)CCCC(=O)CS(=O)(=O)c3ccc(C(C)(C)C)cc3)C2[C@@H]1O.CC[C@@H]1[C@@H]2[C@@H](F)[C@H](OC(C)=O)CC[C@]2(C)C2CC[C@@]3(C)C(CCC3[C@H](C)CCCC(=O)CS(=O)(=O)c3ccc(C(C)(C)C)cc3)C2[C@@H]1O. The number of sulfone groups is 2. The molecule has 0 aliphatic heterocycles. The Kier molecular flexibility index (Phi) is 22.2. The number of carbonyl (C=O) groups is 3. The number of hydrogen-bond donors (Lipinski definition) is 3. The second-order valence-electron chi connectivity index (χ2n) is 34.8. The first-order valence-electron chi connectivity index (χ1n) is 36.5. The van der Waals surface area contributed by atoms with Gasteiger partial charge in [0.15, 0.2) is 19.7 Å². The number of ether oxygens (including phenoxy) is 1. The topological polar surface area (TPSA) is 189 Å². The summed E-state index contributed by atoms with van der Waals surface area (Å²) in [6.45, 7) is 31.9. The lowest BCUT2D eigenvalue weighted by Crippen LogP contribution is -2.65. The molecule has 3 N–H and O–H groups in total. The van der Waals surface area contributed by atoms with Gasteiger partial charge in [-0.1, -0.05) is 147 Å². The van der Waals surface area contributed by atoms with E-state index in [2.05, 4.69) is 96.9 Å². The van der Waals surface area contributed by atoms with Crippen LogP contribution in [0.25, 0.3) is 0 Å². The molecular weight excluding hydrogens is 1210 g/mol. The van der Waals surface area contributed by atoms with Crippen LogP contribution in [0.4, 0.5) is 8.78 Å². The number of halogens is 2. The van der Waals surface area contributed by atoms with Crippen LogP contribution < -0.4 is 0 Å². The number of Topliss-reactive ketones (excluding diaryl/α,β-unsaturated/α-hetero) is 2. The number of fused-ring (bicyclic) bond motifs is 10. The first-order valence-corrected chi connectivity index (χ1v) is 39.8. The molecule has 0 heterocycles. The number of rotatable bonds is 19. The van der Waals surface area contributed by atoms with Crippen LogP contribution in [0.1, 0.15) is 243 Å². The molecule has 24 atom stereocenters. The quantitative estimate of drug-likeness (QED) is 0.114. The Bertz CT molecular complexity index is 3180. The molecule has 8 aliphatic rings. The summed E-state index contributed by atoms with van der Waals surface area (Å²) in [6.07, 6.45) is 10.9. The van der Waals surface area contributed by atoms with E-state index in [-0.39, 0.29) is 114 Å². The third-order valence-corrected chi connectivity index (χ3v) is 31.1. The standard InChI is InChI=1S/C40H61FO6S.C38H59FO5S/c1-9-29-35-36(41)33(47-25(3)42)20-22-40(35,8)32-19-21-39(7)30(17-18-31(39)34(32)37(29)44)24(2)11-10-12-27(43)23-48(45,46)28-15-13-26(14-16-28)38(4,5)6;1-8-27-33-34(39)31(41)19-21-38(33,7)30-18-20-37(6)28(16-17-29(37)32(30)35(27)42)23(2)10-9-11-25(40)22-45(43,44)26-14-12-24(13-15-26)36(3,4)5/h13-16,24,29-37,44H,9-12,17-23H2,1-8H3;12-15,23,27-35,41-42H,8-11,16-22H2,1-7H3/t24-,29-,30?,31?,32?,33-,34?,35-,36+,37-,39-,40-;23-,27-,28?,29?,30?,31-,32?,33-,34+,35-,37-,38-/m11/s1. The van der Waals surface area contributed by atoms with Gasteiger partial charge < -0.3 is 20.1 Å². The van der Waals surface area contributed by atoms with Crippen LogP contribution in [-0.4, -0.2) is 98.0 Å². The Morgan fingerprint density at radius 1 is 0.538 bits per heavy atom. The minimum atomic E-state index is -3.68. The van der Waals surface area contributed by atoms with Crippen molar-refractivity contribution in [2.24, 2.45) is 105 Å². The third kappa shape index (κ3) is 14.3. The van der Waals surface area contributed by atoms with Crippen molar-refractivity contribution < 1.29 is 60.1 Å². The molecule has 0 radical (unpaired) electrons. The fourth-order valence-electron chi connectivity index (χ4n) is 22.9. The highest BCUT2D eigenvalue weighted by Gasteiger charge is 2.69. The van der Waals surface area contributed by atoms with E-state index < -0.39 is 73.9 Å². The predicted octanol–water partition coefficient (Wildman–Crippen LogP) is 16.0. The van der Waals surface area contributed by atoms with E-state index in [1.807, 2.05) is 24.3 Å². The molecule has 10 rings (SSSR count). The van der Waals surface area contributed by atoms with Gasteiger partial charge in [-0.15, -0.1) is 0 Å². The van der Waals surface area contributed by atoms with Crippen LogP contribution >= 0.6 is 0 Å². The molecule has 8 aliphatic carbocycles. The van der Waals surface area contributed by atoms with Gasteiger partial charge in [0.25, 0.3) is 0 Å².